The molecule has 2 rings (SSSR count). The van der Waals surface area contributed by atoms with Gasteiger partial charge < -0.3 is 10.0 Å². The SMILES string of the molecule is Cc1ccc(NC(=O)N(C)CC2CCCCC2O)s1. The maximum absolute atomic E-state index is 12.0. The molecule has 0 bridgehead atoms. The van der Waals surface area contributed by atoms with Gasteiger partial charge in [-0.2, -0.15) is 0 Å². The number of nitrogens with zero attached hydrogens (tertiary/aromatic N) is 1. The zero-order valence-corrected chi connectivity index (χ0v) is 12.4. The number of carbonyl (C=O) groups excluding carboxylic acids is 1. The van der Waals surface area contributed by atoms with Gasteiger partial charge in [-0.25, -0.2) is 4.79 Å². The van der Waals surface area contributed by atoms with E-state index in [9.17, 15) is 9.90 Å². The second-order valence-electron chi connectivity index (χ2n) is 5.33. The molecule has 0 saturated heterocycles. The quantitative estimate of drug-likeness (QED) is 0.895. The highest BCUT2D eigenvalue weighted by molar-refractivity contribution is 7.16. The number of carbonyl (C=O) groups is 1. The third-order valence-electron chi connectivity index (χ3n) is 3.69. The highest BCUT2D eigenvalue weighted by Crippen LogP contribution is 2.25. The van der Waals surface area contributed by atoms with Crippen molar-refractivity contribution in [2.75, 3.05) is 18.9 Å². The van der Waals surface area contributed by atoms with Gasteiger partial charge in [-0.05, 0) is 31.9 Å². The summed E-state index contributed by atoms with van der Waals surface area (Å²) >= 11 is 1.57. The average Bonchev–Trinajstić information content (AvgIpc) is 2.77. The van der Waals surface area contributed by atoms with Crippen LogP contribution in [0.25, 0.3) is 0 Å². The van der Waals surface area contributed by atoms with Crippen LogP contribution in [0.1, 0.15) is 30.6 Å². The lowest BCUT2D eigenvalue weighted by Crippen LogP contribution is -2.39. The molecule has 4 nitrogen and oxygen atoms in total. The van der Waals surface area contributed by atoms with Crippen LogP contribution in [0.5, 0.6) is 0 Å². The van der Waals surface area contributed by atoms with Crippen LogP contribution in [0.3, 0.4) is 0 Å². The molecule has 0 aliphatic heterocycles. The number of anilines is 1. The Morgan fingerprint density at radius 2 is 2.21 bits per heavy atom. The van der Waals surface area contributed by atoms with Crippen molar-refractivity contribution < 1.29 is 9.90 Å². The van der Waals surface area contributed by atoms with Crippen LogP contribution < -0.4 is 5.32 Å². The molecule has 2 atom stereocenters. The van der Waals surface area contributed by atoms with Crippen molar-refractivity contribution in [3.63, 3.8) is 0 Å². The van der Waals surface area contributed by atoms with Gasteiger partial charge in [-0.15, -0.1) is 11.3 Å². The van der Waals surface area contributed by atoms with E-state index in [0.29, 0.717) is 6.54 Å². The summed E-state index contributed by atoms with van der Waals surface area (Å²) in [4.78, 5) is 14.9. The number of thiophene rings is 1. The Morgan fingerprint density at radius 1 is 1.47 bits per heavy atom. The molecule has 5 heteroatoms. The van der Waals surface area contributed by atoms with Gasteiger partial charge in [-0.3, -0.25) is 5.32 Å². The van der Waals surface area contributed by atoms with E-state index in [4.69, 9.17) is 0 Å². The Kier molecular flexibility index (Phi) is 4.82. The van der Waals surface area contributed by atoms with E-state index >= 15 is 0 Å². The molecule has 1 aliphatic carbocycles. The van der Waals surface area contributed by atoms with Gasteiger partial charge in [0.25, 0.3) is 0 Å². The van der Waals surface area contributed by atoms with Crippen LogP contribution in [0.15, 0.2) is 12.1 Å². The predicted molar refractivity (Wildman–Crippen MR) is 78.7 cm³/mol. The summed E-state index contributed by atoms with van der Waals surface area (Å²) in [6.45, 7) is 2.64. The van der Waals surface area contributed by atoms with Gasteiger partial charge in [0.2, 0.25) is 0 Å². The number of aliphatic hydroxyl groups is 1. The molecule has 0 spiro atoms. The molecule has 1 aromatic heterocycles. The topological polar surface area (TPSA) is 52.6 Å². The third-order valence-corrected chi connectivity index (χ3v) is 4.61. The first-order chi connectivity index (χ1) is 9.06. The molecule has 1 fully saturated rings. The molecule has 1 heterocycles. The Bertz CT molecular complexity index is 433. The molecule has 0 radical (unpaired) electrons. The summed E-state index contributed by atoms with van der Waals surface area (Å²) in [5, 5.41) is 13.7. The summed E-state index contributed by atoms with van der Waals surface area (Å²) in [5.41, 5.74) is 0. The second-order valence-corrected chi connectivity index (χ2v) is 6.62. The minimum Gasteiger partial charge on any atom is -0.393 e. The molecule has 1 saturated carbocycles. The summed E-state index contributed by atoms with van der Waals surface area (Å²) in [6.07, 6.45) is 3.87. The molecule has 2 N–H and O–H groups in total. The van der Waals surface area contributed by atoms with Crippen LogP contribution in [0.4, 0.5) is 9.80 Å². The standard InChI is InChI=1S/C14H22N2O2S/c1-10-7-8-13(19-10)15-14(18)16(2)9-11-5-3-4-6-12(11)17/h7-8,11-12,17H,3-6,9H2,1-2H3,(H,15,18). The average molecular weight is 282 g/mol. The first kappa shape index (κ1) is 14.3. The summed E-state index contributed by atoms with van der Waals surface area (Å²) < 4.78 is 0. The van der Waals surface area contributed by atoms with E-state index in [1.807, 2.05) is 19.1 Å². The fourth-order valence-corrected chi connectivity index (χ4v) is 3.30. The van der Waals surface area contributed by atoms with E-state index in [0.717, 1.165) is 30.7 Å². The minimum absolute atomic E-state index is 0.0976. The maximum Gasteiger partial charge on any atom is 0.322 e. The van der Waals surface area contributed by atoms with E-state index in [-0.39, 0.29) is 18.1 Å². The van der Waals surface area contributed by atoms with Crippen molar-refractivity contribution in [3.8, 4) is 0 Å². The number of urea groups is 1. The lowest BCUT2D eigenvalue weighted by Gasteiger charge is -2.31. The Morgan fingerprint density at radius 3 is 2.84 bits per heavy atom. The molecular weight excluding hydrogens is 260 g/mol. The highest BCUT2D eigenvalue weighted by Gasteiger charge is 2.25. The van der Waals surface area contributed by atoms with Gasteiger partial charge in [0.15, 0.2) is 0 Å². The number of hydrogen-bond acceptors (Lipinski definition) is 3. The lowest BCUT2D eigenvalue weighted by molar-refractivity contribution is 0.0575. The van der Waals surface area contributed by atoms with Gasteiger partial charge >= 0.3 is 6.03 Å². The van der Waals surface area contributed by atoms with E-state index < -0.39 is 0 Å². The molecule has 2 amide bonds. The fourth-order valence-electron chi connectivity index (χ4n) is 2.54. The molecule has 19 heavy (non-hydrogen) atoms. The van der Waals surface area contributed by atoms with Crippen molar-refractivity contribution in [2.45, 2.75) is 38.7 Å². The summed E-state index contributed by atoms with van der Waals surface area (Å²) in [7, 11) is 1.79. The van der Waals surface area contributed by atoms with Crippen LogP contribution in [-0.4, -0.2) is 35.7 Å². The largest absolute Gasteiger partial charge is 0.393 e. The van der Waals surface area contributed by atoms with Crippen LogP contribution in [0.2, 0.25) is 0 Å². The molecule has 1 aliphatic rings. The van der Waals surface area contributed by atoms with Crippen molar-refractivity contribution >= 4 is 22.4 Å². The van der Waals surface area contributed by atoms with E-state index in [1.165, 1.54) is 4.88 Å². The van der Waals surface area contributed by atoms with Gasteiger partial charge in [0, 0.05) is 24.4 Å². The van der Waals surface area contributed by atoms with Crippen molar-refractivity contribution in [2.24, 2.45) is 5.92 Å². The fraction of sp³-hybridized carbons (Fsp3) is 0.643. The van der Waals surface area contributed by atoms with Crippen LogP contribution in [0, 0.1) is 12.8 Å². The Hall–Kier alpha value is -1.07. The van der Waals surface area contributed by atoms with Crippen molar-refractivity contribution in [1.82, 2.24) is 4.90 Å². The van der Waals surface area contributed by atoms with Crippen molar-refractivity contribution in [1.29, 1.82) is 0 Å². The predicted octanol–water partition coefficient (Wildman–Crippen LogP) is 3.07. The summed E-state index contributed by atoms with van der Waals surface area (Å²) in [5.74, 6) is 0.217. The molecule has 0 aromatic carbocycles. The molecule has 106 valence electrons. The van der Waals surface area contributed by atoms with E-state index in [2.05, 4.69) is 5.32 Å². The zero-order chi connectivity index (χ0) is 13.8. The Labute approximate surface area is 118 Å². The molecule has 2 unspecified atom stereocenters. The monoisotopic (exact) mass is 282 g/mol. The number of hydrogen-bond donors (Lipinski definition) is 2. The smallest absolute Gasteiger partial charge is 0.322 e. The van der Waals surface area contributed by atoms with Gasteiger partial charge in [0.1, 0.15) is 0 Å². The maximum atomic E-state index is 12.0. The van der Waals surface area contributed by atoms with Crippen LogP contribution in [-0.2, 0) is 0 Å². The number of aryl methyl sites for hydroxylation is 1. The minimum atomic E-state index is -0.256. The van der Waals surface area contributed by atoms with Gasteiger partial charge in [-0.1, -0.05) is 12.8 Å². The normalized spacial score (nSPS) is 23.1. The highest BCUT2D eigenvalue weighted by atomic mass is 32.1. The number of amides is 2. The summed E-state index contributed by atoms with van der Waals surface area (Å²) in [6, 6.07) is 3.81. The molecular formula is C14H22N2O2S. The lowest BCUT2D eigenvalue weighted by atomic mass is 9.86. The zero-order valence-electron chi connectivity index (χ0n) is 11.6. The van der Waals surface area contributed by atoms with Crippen LogP contribution >= 0.6 is 11.3 Å². The molecule has 1 aromatic rings. The first-order valence-corrected chi connectivity index (χ1v) is 7.64. The van der Waals surface area contributed by atoms with Crippen molar-refractivity contribution in [3.05, 3.63) is 17.0 Å². The number of aliphatic hydroxyl groups excluding tert-OH is 1. The number of nitrogens with one attached hydrogen (secondary N) is 1. The Balaban J connectivity index is 1.84. The third kappa shape index (κ3) is 3.94. The first-order valence-electron chi connectivity index (χ1n) is 6.83. The van der Waals surface area contributed by atoms with Gasteiger partial charge in [0.05, 0.1) is 11.1 Å². The van der Waals surface area contributed by atoms with E-state index in [1.54, 1.807) is 23.3 Å². The second kappa shape index (κ2) is 6.39. The number of rotatable bonds is 3.